The lowest BCUT2D eigenvalue weighted by Crippen LogP contribution is -2.15. The molecule has 0 fully saturated rings. The number of aromatic nitrogens is 2. The molecule has 5 rings (SSSR count). The van der Waals surface area contributed by atoms with E-state index in [9.17, 15) is 13.2 Å². The zero-order valence-electron chi connectivity index (χ0n) is 18.5. The first-order chi connectivity index (χ1) is 16.4. The van der Waals surface area contributed by atoms with Gasteiger partial charge in [-0.25, -0.2) is 18.2 Å². The Morgan fingerprint density at radius 3 is 2.53 bits per heavy atom. The molecule has 0 saturated heterocycles. The van der Waals surface area contributed by atoms with Crippen LogP contribution >= 0.6 is 23.4 Å². The summed E-state index contributed by atoms with van der Waals surface area (Å²) in [6, 6.07) is 15.8. The van der Waals surface area contributed by atoms with E-state index in [1.807, 2.05) is 23.6 Å². The van der Waals surface area contributed by atoms with Gasteiger partial charge in [0, 0.05) is 27.9 Å². The fraction of sp³-hybridized carbons (Fsp3) is 0.222. The Kier molecular flexibility index (Phi) is 6.45. The first-order valence-electron chi connectivity index (χ1n) is 11.1. The van der Waals surface area contributed by atoms with Gasteiger partial charge in [-0.05, 0) is 85.8 Å². The highest BCUT2D eigenvalue weighted by Gasteiger charge is 2.30. The SMILES string of the molecule is Cc1cc(C2CCCc3nc(SCc4cc(F)ccc4F)n(-c4ccc(F)cc4)c32)ccc1Cl. The predicted molar refractivity (Wildman–Crippen MR) is 130 cm³/mol. The maximum absolute atomic E-state index is 14.3. The average molecular weight is 499 g/mol. The molecule has 0 radical (unpaired) electrons. The van der Waals surface area contributed by atoms with E-state index >= 15 is 0 Å². The smallest absolute Gasteiger partial charge is 0.173 e. The second-order valence-corrected chi connectivity index (χ2v) is 9.87. The van der Waals surface area contributed by atoms with Crippen molar-refractivity contribution in [2.75, 3.05) is 0 Å². The quantitative estimate of drug-likeness (QED) is 0.259. The minimum absolute atomic E-state index is 0.0949. The second kappa shape index (κ2) is 9.51. The van der Waals surface area contributed by atoms with Crippen LogP contribution in [-0.2, 0) is 12.2 Å². The maximum atomic E-state index is 14.3. The van der Waals surface area contributed by atoms with Gasteiger partial charge in [-0.1, -0.05) is 35.5 Å². The van der Waals surface area contributed by atoms with Gasteiger partial charge in [0.05, 0.1) is 11.4 Å². The molecule has 1 atom stereocenters. The van der Waals surface area contributed by atoms with Gasteiger partial charge in [0.1, 0.15) is 17.5 Å². The van der Waals surface area contributed by atoms with E-state index in [2.05, 4.69) is 6.07 Å². The van der Waals surface area contributed by atoms with E-state index in [1.165, 1.54) is 30.0 Å². The summed E-state index contributed by atoms with van der Waals surface area (Å²) in [5.41, 5.74) is 5.27. The number of nitrogens with zero attached hydrogens (tertiary/aromatic N) is 2. The number of hydrogen-bond donors (Lipinski definition) is 0. The molecule has 1 unspecified atom stereocenters. The standard InChI is InChI=1S/C27H22ClF3N2S/c1-16-13-17(5-11-23(16)28)22-3-2-4-25-26(22)33(21-9-6-19(29)7-10-21)27(32-25)34-15-18-14-20(30)8-12-24(18)31/h5-14,22H,2-4,15H2,1H3. The number of fused-ring (bicyclic) bond motifs is 1. The summed E-state index contributed by atoms with van der Waals surface area (Å²) in [7, 11) is 0. The summed E-state index contributed by atoms with van der Waals surface area (Å²) in [5.74, 6) is -0.925. The highest BCUT2D eigenvalue weighted by molar-refractivity contribution is 7.98. The van der Waals surface area contributed by atoms with Crippen LogP contribution in [0.25, 0.3) is 5.69 Å². The first kappa shape index (κ1) is 23.1. The maximum Gasteiger partial charge on any atom is 0.173 e. The second-order valence-electron chi connectivity index (χ2n) is 8.52. The van der Waals surface area contributed by atoms with Crippen molar-refractivity contribution in [2.45, 2.75) is 43.0 Å². The lowest BCUT2D eigenvalue weighted by molar-refractivity contribution is 0.586. The van der Waals surface area contributed by atoms with Crippen molar-refractivity contribution < 1.29 is 13.2 Å². The Morgan fingerprint density at radius 2 is 1.76 bits per heavy atom. The molecule has 0 saturated carbocycles. The summed E-state index contributed by atoms with van der Waals surface area (Å²) >= 11 is 7.62. The minimum Gasteiger partial charge on any atom is -0.291 e. The Labute approximate surface area is 205 Å². The van der Waals surface area contributed by atoms with Gasteiger partial charge in [0.15, 0.2) is 5.16 Å². The summed E-state index contributed by atoms with van der Waals surface area (Å²) in [6.07, 6.45) is 2.76. The van der Waals surface area contributed by atoms with Gasteiger partial charge in [-0.3, -0.25) is 4.57 Å². The Hall–Kier alpha value is -2.70. The third-order valence-corrected chi connectivity index (χ3v) is 7.64. The normalized spacial score (nSPS) is 15.4. The number of hydrogen-bond acceptors (Lipinski definition) is 2. The molecule has 3 aromatic carbocycles. The molecule has 1 aromatic heterocycles. The van der Waals surface area contributed by atoms with Crippen LogP contribution in [0.1, 0.15) is 46.8 Å². The number of aryl methyl sites for hydroxylation is 2. The third kappa shape index (κ3) is 4.49. The summed E-state index contributed by atoms with van der Waals surface area (Å²) < 4.78 is 43.7. The Morgan fingerprint density at radius 1 is 1.00 bits per heavy atom. The number of imidazole rings is 1. The van der Waals surface area contributed by atoms with E-state index in [4.69, 9.17) is 16.6 Å². The van der Waals surface area contributed by atoms with Crippen molar-refractivity contribution in [3.63, 3.8) is 0 Å². The van der Waals surface area contributed by atoms with E-state index in [0.717, 1.165) is 64.6 Å². The van der Waals surface area contributed by atoms with Crippen LogP contribution in [-0.4, -0.2) is 9.55 Å². The van der Waals surface area contributed by atoms with Crippen molar-refractivity contribution >= 4 is 23.4 Å². The fourth-order valence-electron chi connectivity index (χ4n) is 4.55. The molecule has 1 aliphatic rings. The first-order valence-corrected chi connectivity index (χ1v) is 12.5. The van der Waals surface area contributed by atoms with Gasteiger partial charge in [-0.15, -0.1) is 0 Å². The molecule has 1 heterocycles. The van der Waals surface area contributed by atoms with E-state index < -0.39 is 11.6 Å². The van der Waals surface area contributed by atoms with Crippen LogP contribution in [0.5, 0.6) is 0 Å². The molecule has 1 aliphatic carbocycles. The van der Waals surface area contributed by atoms with Crippen molar-refractivity contribution in [1.82, 2.24) is 9.55 Å². The van der Waals surface area contributed by atoms with Crippen molar-refractivity contribution in [3.8, 4) is 5.69 Å². The Balaban J connectivity index is 1.61. The lowest BCUT2D eigenvalue weighted by atomic mass is 9.83. The molecule has 0 aliphatic heterocycles. The topological polar surface area (TPSA) is 17.8 Å². The number of thioether (sulfide) groups is 1. The number of rotatable bonds is 5. The largest absolute Gasteiger partial charge is 0.291 e. The molecule has 0 bridgehead atoms. The van der Waals surface area contributed by atoms with Gasteiger partial charge in [-0.2, -0.15) is 0 Å². The van der Waals surface area contributed by atoms with Crippen LogP contribution in [0, 0.1) is 24.4 Å². The molecular formula is C27H22ClF3N2S. The van der Waals surface area contributed by atoms with E-state index in [-0.39, 0.29) is 23.1 Å². The lowest BCUT2D eigenvalue weighted by Gasteiger charge is -2.25. The third-order valence-electron chi connectivity index (χ3n) is 6.23. The van der Waals surface area contributed by atoms with Gasteiger partial charge in [0.25, 0.3) is 0 Å². The highest BCUT2D eigenvalue weighted by atomic mass is 35.5. The average Bonchev–Trinajstić information content (AvgIpc) is 3.20. The van der Waals surface area contributed by atoms with Crippen molar-refractivity contribution in [1.29, 1.82) is 0 Å². The molecular weight excluding hydrogens is 477 g/mol. The molecule has 34 heavy (non-hydrogen) atoms. The number of halogens is 4. The monoisotopic (exact) mass is 498 g/mol. The van der Waals surface area contributed by atoms with Gasteiger partial charge in [0.2, 0.25) is 0 Å². The zero-order chi connectivity index (χ0) is 23.8. The summed E-state index contributed by atoms with van der Waals surface area (Å²) in [5, 5.41) is 1.40. The van der Waals surface area contributed by atoms with Crippen molar-refractivity contribution in [3.05, 3.63) is 111 Å². The molecule has 2 nitrogen and oxygen atoms in total. The van der Waals surface area contributed by atoms with Crippen LogP contribution in [0.4, 0.5) is 13.2 Å². The van der Waals surface area contributed by atoms with E-state index in [0.29, 0.717) is 5.16 Å². The molecule has 174 valence electrons. The molecule has 4 aromatic rings. The van der Waals surface area contributed by atoms with Crippen LogP contribution < -0.4 is 0 Å². The van der Waals surface area contributed by atoms with Crippen molar-refractivity contribution in [2.24, 2.45) is 0 Å². The van der Waals surface area contributed by atoms with E-state index in [1.54, 1.807) is 12.1 Å². The molecule has 0 amide bonds. The van der Waals surface area contributed by atoms with Crippen LogP contribution in [0.15, 0.2) is 65.8 Å². The molecule has 0 N–H and O–H groups in total. The van der Waals surface area contributed by atoms with Crippen LogP contribution in [0.3, 0.4) is 0 Å². The van der Waals surface area contributed by atoms with Crippen LogP contribution in [0.2, 0.25) is 5.02 Å². The fourth-order valence-corrected chi connectivity index (χ4v) is 5.68. The summed E-state index contributed by atoms with van der Waals surface area (Å²) in [4.78, 5) is 4.92. The zero-order valence-corrected chi connectivity index (χ0v) is 20.1. The Bertz CT molecular complexity index is 1350. The minimum atomic E-state index is -0.476. The molecule has 0 spiro atoms. The predicted octanol–water partition coefficient (Wildman–Crippen LogP) is 8.01. The number of benzene rings is 3. The van der Waals surface area contributed by atoms with Gasteiger partial charge < -0.3 is 0 Å². The highest BCUT2D eigenvalue weighted by Crippen LogP contribution is 2.41. The summed E-state index contributed by atoms with van der Waals surface area (Å²) in [6.45, 7) is 1.99. The van der Waals surface area contributed by atoms with Gasteiger partial charge >= 0.3 is 0 Å². The molecule has 7 heteroatoms.